The van der Waals surface area contributed by atoms with Crippen LogP contribution >= 0.6 is 0 Å². The van der Waals surface area contributed by atoms with Crippen molar-refractivity contribution in [3.63, 3.8) is 0 Å². The summed E-state index contributed by atoms with van der Waals surface area (Å²) in [5.74, 6) is -0.560. The molecule has 19 heavy (non-hydrogen) atoms. The summed E-state index contributed by atoms with van der Waals surface area (Å²) in [4.78, 5) is 11.7. The molecule has 0 radical (unpaired) electrons. The first-order chi connectivity index (χ1) is 8.61. The first kappa shape index (κ1) is 16.2. The molecule has 0 aromatic rings. The Kier molecular flexibility index (Phi) is 5.18. The van der Waals surface area contributed by atoms with Crippen LogP contribution in [-0.2, 0) is 14.2 Å². The van der Waals surface area contributed by atoms with Gasteiger partial charge in [0.2, 0.25) is 0 Å². The number of amides is 1. The first-order valence-electron chi connectivity index (χ1n) is 6.62. The molecule has 0 saturated carbocycles. The van der Waals surface area contributed by atoms with Gasteiger partial charge in [-0.05, 0) is 41.0 Å². The summed E-state index contributed by atoms with van der Waals surface area (Å²) in [6, 6.07) is -0.183. The lowest BCUT2D eigenvalue weighted by molar-refractivity contribution is -0.139. The van der Waals surface area contributed by atoms with Gasteiger partial charge in [0.05, 0.1) is 12.7 Å². The smallest absolute Gasteiger partial charge is 0.407 e. The maximum Gasteiger partial charge on any atom is 0.407 e. The zero-order valence-electron chi connectivity index (χ0n) is 12.5. The Morgan fingerprint density at radius 1 is 1.53 bits per heavy atom. The molecule has 0 aromatic heterocycles. The lowest BCUT2D eigenvalue weighted by atomic mass is 10.1. The van der Waals surface area contributed by atoms with E-state index in [9.17, 15) is 4.79 Å². The molecule has 6 heteroatoms. The molecule has 1 aliphatic rings. The van der Waals surface area contributed by atoms with E-state index in [4.69, 9.17) is 19.9 Å². The minimum Gasteiger partial charge on any atom is -0.444 e. The van der Waals surface area contributed by atoms with Gasteiger partial charge >= 0.3 is 6.09 Å². The summed E-state index contributed by atoms with van der Waals surface area (Å²) >= 11 is 0. The minimum absolute atomic E-state index is 0.0570. The lowest BCUT2D eigenvalue weighted by Crippen LogP contribution is -2.45. The average molecular weight is 274 g/mol. The third-order valence-electron chi connectivity index (χ3n) is 2.62. The SMILES string of the molecule is CC(C)(C)OC(=O)NC(CN)CC1COC(C)(C)O1. The van der Waals surface area contributed by atoms with Crippen molar-refractivity contribution in [1.82, 2.24) is 5.32 Å². The summed E-state index contributed by atoms with van der Waals surface area (Å²) in [5.41, 5.74) is 5.15. The summed E-state index contributed by atoms with van der Waals surface area (Å²) < 4.78 is 16.4. The predicted octanol–water partition coefficient (Wildman–Crippen LogP) is 1.38. The van der Waals surface area contributed by atoms with Crippen molar-refractivity contribution < 1.29 is 19.0 Å². The Bertz CT molecular complexity index is 312. The van der Waals surface area contributed by atoms with Crippen LogP contribution in [0.4, 0.5) is 4.79 Å². The Labute approximate surface area is 115 Å². The lowest BCUT2D eigenvalue weighted by Gasteiger charge is -2.24. The van der Waals surface area contributed by atoms with Gasteiger partial charge in [0, 0.05) is 12.6 Å². The fourth-order valence-electron chi connectivity index (χ4n) is 1.88. The second-order valence-electron chi connectivity index (χ2n) is 6.27. The van der Waals surface area contributed by atoms with Crippen LogP contribution in [0.3, 0.4) is 0 Å². The zero-order valence-corrected chi connectivity index (χ0v) is 12.5. The highest BCUT2D eigenvalue weighted by atomic mass is 16.7. The first-order valence-corrected chi connectivity index (χ1v) is 6.62. The monoisotopic (exact) mass is 274 g/mol. The quantitative estimate of drug-likeness (QED) is 0.809. The summed E-state index contributed by atoms with van der Waals surface area (Å²) in [7, 11) is 0. The molecule has 1 saturated heterocycles. The van der Waals surface area contributed by atoms with Gasteiger partial charge in [0.1, 0.15) is 5.60 Å². The highest BCUT2D eigenvalue weighted by Gasteiger charge is 2.34. The van der Waals surface area contributed by atoms with Gasteiger partial charge < -0.3 is 25.3 Å². The van der Waals surface area contributed by atoms with Crippen molar-refractivity contribution in [3.8, 4) is 0 Å². The van der Waals surface area contributed by atoms with Gasteiger partial charge in [0.25, 0.3) is 0 Å². The molecule has 0 spiro atoms. The van der Waals surface area contributed by atoms with Gasteiger partial charge in [0.15, 0.2) is 5.79 Å². The number of alkyl carbamates (subject to hydrolysis) is 1. The Morgan fingerprint density at radius 2 is 2.16 bits per heavy atom. The number of nitrogens with two attached hydrogens (primary N) is 1. The molecular weight excluding hydrogens is 248 g/mol. The van der Waals surface area contributed by atoms with E-state index in [1.54, 1.807) is 0 Å². The molecule has 1 aliphatic heterocycles. The number of rotatable bonds is 4. The molecular formula is C13H26N2O4. The summed E-state index contributed by atoms with van der Waals surface area (Å²) in [6.45, 7) is 10.0. The number of hydrogen-bond donors (Lipinski definition) is 2. The predicted molar refractivity (Wildman–Crippen MR) is 71.7 cm³/mol. The fourth-order valence-corrected chi connectivity index (χ4v) is 1.88. The van der Waals surface area contributed by atoms with E-state index in [1.165, 1.54) is 0 Å². The molecule has 2 atom stereocenters. The molecule has 112 valence electrons. The molecule has 0 aliphatic carbocycles. The van der Waals surface area contributed by atoms with Crippen LogP contribution in [0, 0.1) is 0 Å². The Hall–Kier alpha value is -0.850. The van der Waals surface area contributed by atoms with Crippen LogP contribution in [0.15, 0.2) is 0 Å². The number of carbonyl (C=O) groups is 1. The third-order valence-corrected chi connectivity index (χ3v) is 2.62. The summed E-state index contributed by atoms with van der Waals surface area (Å²) in [5, 5.41) is 2.76. The highest BCUT2D eigenvalue weighted by molar-refractivity contribution is 5.68. The molecule has 1 amide bonds. The molecule has 3 N–H and O–H groups in total. The number of carbonyl (C=O) groups excluding carboxylic acids is 1. The van der Waals surface area contributed by atoms with E-state index in [2.05, 4.69) is 5.32 Å². The van der Waals surface area contributed by atoms with Crippen LogP contribution in [0.5, 0.6) is 0 Å². The molecule has 1 fully saturated rings. The van der Waals surface area contributed by atoms with Gasteiger partial charge in [-0.2, -0.15) is 0 Å². The number of hydrogen-bond acceptors (Lipinski definition) is 5. The van der Waals surface area contributed by atoms with Crippen molar-refractivity contribution in [2.24, 2.45) is 5.73 Å². The van der Waals surface area contributed by atoms with Crippen LogP contribution < -0.4 is 11.1 Å². The third kappa shape index (κ3) is 6.22. The van der Waals surface area contributed by atoms with Crippen molar-refractivity contribution in [2.45, 2.75) is 64.6 Å². The van der Waals surface area contributed by atoms with Crippen LogP contribution in [-0.4, -0.2) is 42.8 Å². The largest absolute Gasteiger partial charge is 0.444 e. The van der Waals surface area contributed by atoms with Crippen molar-refractivity contribution in [2.75, 3.05) is 13.2 Å². The fraction of sp³-hybridized carbons (Fsp3) is 0.923. The van der Waals surface area contributed by atoms with Crippen molar-refractivity contribution >= 4 is 6.09 Å². The second-order valence-corrected chi connectivity index (χ2v) is 6.27. The van der Waals surface area contributed by atoms with Gasteiger partial charge in [-0.15, -0.1) is 0 Å². The van der Waals surface area contributed by atoms with E-state index in [-0.39, 0.29) is 12.1 Å². The number of nitrogens with one attached hydrogen (secondary N) is 1. The standard InChI is InChI=1S/C13H26N2O4/c1-12(2,3)19-11(16)15-9(7-14)6-10-8-17-13(4,5)18-10/h9-10H,6-8,14H2,1-5H3,(H,15,16). The van der Waals surface area contributed by atoms with Gasteiger partial charge in [-0.25, -0.2) is 4.79 Å². The normalized spacial score (nSPS) is 24.0. The van der Waals surface area contributed by atoms with Crippen LogP contribution in [0.1, 0.15) is 41.0 Å². The molecule has 0 aromatic carbocycles. The maximum absolute atomic E-state index is 11.7. The Balaban J connectivity index is 2.40. The van der Waals surface area contributed by atoms with E-state index in [1.807, 2.05) is 34.6 Å². The molecule has 2 unspecified atom stereocenters. The van der Waals surface area contributed by atoms with Gasteiger partial charge in [-0.1, -0.05) is 0 Å². The van der Waals surface area contributed by atoms with Crippen LogP contribution in [0.2, 0.25) is 0 Å². The van der Waals surface area contributed by atoms with E-state index in [0.29, 0.717) is 19.6 Å². The zero-order chi connectivity index (χ0) is 14.7. The van der Waals surface area contributed by atoms with E-state index in [0.717, 1.165) is 0 Å². The van der Waals surface area contributed by atoms with Crippen LogP contribution in [0.25, 0.3) is 0 Å². The highest BCUT2D eigenvalue weighted by Crippen LogP contribution is 2.24. The van der Waals surface area contributed by atoms with E-state index < -0.39 is 17.5 Å². The molecule has 1 rings (SSSR count). The minimum atomic E-state index is -0.560. The Morgan fingerprint density at radius 3 is 2.58 bits per heavy atom. The van der Waals surface area contributed by atoms with Crippen molar-refractivity contribution in [1.29, 1.82) is 0 Å². The second kappa shape index (κ2) is 6.07. The summed E-state index contributed by atoms with van der Waals surface area (Å²) in [6.07, 6.45) is 0.0960. The van der Waals surface area contributed by atoms with Gasteiger partial charge in [-0.3, -0.25) is 0 Å². The maximum atomic E-state index is 11.7. The molecule has 6 nitrogen and oxygen atoms in total. The van der Waals surface area contributed by atoms with E-state index >= 15 is 0 Å². The topological polar surface area (TPSA) is 82.8 Å². The molecule has 0 bridgehead atoms. The molecule has 1 heterocycles. The number of ether oxygens (including phenoxy) is 3. The van der Waals surface area contributed by atoms with Crippen molar-refractivity contribution in [3.05, 3.63) is 0 Å². The average Bonchev–Trinajstić information content (AvgIpc) is 2.54.